The van der Waals surface area contributed by atoms with Gasteiger partial charge in [0.1, 0.15) is 5.82 Å². The highest BCUT2D eigenvalue weighted by molar-refractivity contribution is 6.30. The molecular weight excluding hydrogens is 399 g/mol. The summed E-state index contributed by atoms with van der Waals surface area (Å²) in [6.45, 7) is 0. The van der Waals surface area contributed by atoms with Gasteiger partial charge in [-0.3, -0.25) is 9.78 Å². The van der Waals surface area contributed by atoms with Gasteiger partial charge in [-0.25, -0.2) is 4.39 Å². The van der Waals surface area contributed by atoms with Gasteiger partial charge in [0.05, 0.1) is 5.52 Å². The fraction of sp³-hybridized carbons (Fsp3) is 0.360. The minimum absolute atomic E-state index is 0.0597. The molecule has 1 N–H and O–H groups in total. The quantitative estimate of drug-likeness (QED) is 0.518. The molecule has 3 aromatic rings. The van der Waals surface area contributed by atoms with Crippen LogP contribution in [0.5, 0.6) is 0 Å². The van der Waals surface area contributed by atoms with Crippen molar-refractivity contribution in [2.75, 3.05) is 5.32 Å². The van der Waals surface area contributed by atoms with E-state index in [1.165, 1.54) is 11.6 Å². The van der Waals surface area contributed by atoms with Gasteiger partial charge in [0.2, 0.25) is 5.91 Å². The Kier molecular flexibility index (Phi) is 5.20. The zero-order valence-corrected chi connectivity index (χ0v) is 17.4. The van der Waals surface area contributed by atoms with Crippen LogP contribution in [0.3, 0.4) is 0 Å². The van der Waals surface area contributed by atoms with E-state index in [0.717, 1.165) is 48.7 Å². The van der Waals surface area contributed by atoms with Crippen LogP contribution in [-0.4, -0.2) is 10.9 Å². The molecule has 0 saturated heterocycles. The molecule has 4 unspecified atom stereocenters. The minimum Gasteiger partial charge on any atom is -0.326 e. The van der Waals surface area contributed by atoms with Crippen LogP contribution in [0, 0.1) is 23.6 Å². The Hall–Kier alpha value is -2.46. The van der Waals surface area contributed by atoms with Gasteiger partial charge in [-0.2, -0.15) is 0 Å². The van der Waals surface area contributed by atoms with Crippen molar-refractivity contribution in [3.05, 3.63) is 71.1 Å². The summed E-state index contributed by atoms with van der Waals surface area (Å²) in [5, 5.41) is 4.66. The van der Waals surface area contributed by atoms with Gasteiger partial charge >= 0.3 is 0 Å². The Morgan fingerprint density at radius 2 is 1.80 bits per heavy atom. The van der Waals surface area contributed by atoms with Gasteiger partial charge < -0.3 is 5.32 Å². The summed E-state index contributed by atoms with van der Waals surface area (Å²) in [4.78, 5) is 17.3. The average Bonchev–Trinajstić information content (AvgIpc) is 2.75. The number of anilines is 1. The van der Waals surface area contributed by atoms with Gasteiger partial charge in [-0.1, -0.05) is 11.6 Å². The zero-order chi connectivity index (χ0) is 20.7. The number of benzene rings is 2. The minimum atomic E-state index is -0.215. The van der Waals surface area contributed by atoms with Gasteiger partial charge in [0, 0.05) is 28.2 Å². The van der Waals surface area contributed by atoms with Crippen molar-refractivity contribution >= 4 is 34.1 Å². The topological polar surface area (TPSA) is 42.0 Å². The Morgan fingerprint density at radius 1 is 1.00 bits per heavy atom. The molecule has 0 spiro atoms. The number of fused-ring (bicyclic) bond motifs is 3. The van der Waals surface area contributed by atoms with Gasteiger partial charge in [0.25, 0.3) is 0 Å². The Labute approximate surface area is 180 Å². The third-order valence-electron chi connectivity index (χ3n) is 7.03. The third kappa shape index (κ3) is 3.69. The number of amides is 1. The molecular formula is C25H24ClFN2O. The van der Waals surface area contributed by atoms with Gasteiger partial charge in [0.15, 0.2) is 0 Å². The maximum Gasteiger partial charge on any atom is 0.227 e. The first-order valence-electron chi connectivity index (χ1n) is 10.7. The summed E-state index contributed by atoms with van der Waals surface area (Å²) in [6, 6.07) is 14.2. The highest BCUT2D eigenvalue weighted by Gasteiger charge is 2.42. The van der Waals surface area contributed by atoms with Crippen LogP contribution in [0.15, 0.2) is 54.7 Å². The summed E-state index contributed by atoms with van der Waals surface area (Å²) in [6.07, 6.45) is 6.89. The summed E-state index contributed by atoms with van der Waals surface area (Å²) in [5.74, 6) is 1.33. The molecule has 2 fully saturated rings. The van der Waals surface area contributed by atoms with E-state index in [1.54, 1.807) is 24.3 Å². The van der Waals surface area contributed by atoms with Crippen LogP contribution in [0.1, 0.15) is 43.6 Å². The van der Waals surface area contributed by atoms with Crippen LogP contribution < -0.4 is 5.32 Å². The lowest BCUT2D eigenvalue weighted by Crippen LogP contribution is -2.39. The van der Waals surface area contributed by atoms with Crippen LogP contribution >= 0.6 is 11.6 Å². The van der Waals surface area contributed by atoms with Crippen LogP contribution in [0.2, 0.25) is 5.02 Å². The third-order valence-corrected chi connectivity index (χ3v) is 7.28. The second-order valence-corrected chi connectivity index (χ2v) is 9.12. The van der Waals surface area contributed by atoms with Crippen molar-refractivity contribution in [3.8, 4) is 0 Å². The normalized spacial score (nSPS) is 25.8. The van der Waals surface area contributed by atoms with Crippen LogP contribution in [0.4, 0.5) is 10.1 Å². The molecule has 4 atom stereocenters. The number of nitrogens with one attached hydrogen (secondary N) is 1. The summed E-state index contributed by atoms with van der Waals surface area (Å²) < 4.78 is 13.9. The fourth-order valence-electron chi connectivity index (χ4n) is 5.60. The second kappa shape index (κ2) is 7.99. The molecule has 2 bridgehead atoms. The van der Waals surface area contributed by atoms with Crippen molar-refractivity contribution in [1.82, 2.24) is 4.98 Å². The lowest BCUT2D eigenvalue weighted by atomic mass is 9.61. The second-order valence-electron chi connectivity index (χ2n) is 8.68. The zero-order valence-electron chi connectivity index (χ0n) is 16.7. The summed E-state index contributed by atoms with van der Waals surface area (Å²) in [7, 11) is 0. The Morgan fingerprint density at radius 3 is 2.63 bits per heavy atom. The number of rotatable bonds is 3. The highest BCUT2D eigenvalue weighted by atomic mass is 35.5. The van der Waals surface area contributed by atoms with E-state index in [0.29, 0.717) is 22.8 Å². The lowest BCUT2D eigenvalue weighted by molar-refractivity contribution is -0.123. The van der Waals surface area contributed by atoms with E-state index >= 15 is 0 Å². The molecule has 1 heterocycles. The molecule has 0 aliphatic heterocycles. The monoisotopic (exact) mass is 422 g/mol. The summed E-state index contributed by atoms with van der Waals surface area (Å²) >= 11 is 5.94. The average molecular weight is 423 g/mol. The first-order valence-corrected chi connectivity index (χ1v) is 11.1. The van der Waals surface area contributed by atoms with Crippen molar-refractivity contribution in [2.45, 2.75) is 38.0 Å². The smallest absolute Gasteiger partial charge is 0.227 e. The molecule has 154 valence electrons. The molecule has 2 aliphatic carbocycles. The molecule has 2 saturated carbocycles. The molecule has 30 heavy (non-hydrogen) atoms. The molecule has 0 radical (unpaired) electrons. The molecule has 5 heteroatoms. The molecule has 1 aromatic heterocycles. The number of carbonyl (C=O) groups is 1. The van der Waals surface area contributed by atoms with E-state index < -0.39 is 0 Å². The van der Waals surface area contributed by atoms with E-state index in [4.69, 9.17) is 11.6 Å². The number of hydrogen-bond donors (Lipinski definition) is 1. The van der Waals surface area contributed by atoms with Crippen molar-refractivity contribution in [3.63, 3.8) is 0 Å². The number of halogens is 2. The van der Waals surface area contributed by atoms with Gasteiger partial charge in [-0.05, 0) is 104 Å². The molecule has 5 rings (SSSR count). The summed E-state index contributed by atoms with van der Waals surface area (Å²) in [5.41, 5.74) is 2.87. The maximum atomic E-state index is 13.9. The first-order chi connectivity index (χ1) is 14.6. The number of hydrogen-bond acceptors (Lipinski definition) is 2. The van der Waals surface area contributed by atoms with E-state index in [9.17, 15) is 9.18 Å². The predicted molar refractivity (Wildman–Crippen MR) is 118 cm³/mol. The SMILES string of the molecule is O=C(Nc1ccc(Cl)cc1)C1CCC2CC1CCC2c1ccnc2ccc(F)cc12. The first kappa shape index (κ1) is 19.5. The number of nitrogens with zero attached hydrogens (tertiary/aromatic N) is 1. The number of carbonyl (C=O) groups excluding carboxylic acids is 1. The molecule has 1 amide bonds. The highest BCUT2D eigenvalue weighted by Crippen LogP contribution is 2.51. The number of pyridine rings is 1. The Balaban J connectivity index is 1.32. The molecule has 2 aliphatic rings. The maximum absolute atomic E-state index is 13.9. The largest absolute Gasteiger partial charge is 0.326 e. The standard InChI is InChI=1S/C25H24ClFN2O/c26-17-3-6-19(7-4-17)29-25(30)21-9-2-15-13-16(21)1-8-20(15)22-11-12-28-24-10-5-18(27)14-23(22)24/h3-7,10-12,14-16,20-21H,1-2,8-9,13H2,(H,29,30). The molecule has 2 aromatic carbocycles. The van der Waals surface area contributed by atoms with E-state index in [1.807, 2.05) is 18.3 Å². The van der Waals surface area contributed by atoms with Crippen LogP contribution in [0.25, 0.3) is 10.9 Å². The van der Waals surface area contributed by atoms with Crippen molar-refractivity contribution < 1.29 is 9.18 Å². The number of aromatic nitrogens is 1. The Bertz CT molecular complexity index is 1080. The predicted octanol–water partition coefficient (Wildman–Crippen LogP) is 6.58. The fourth-order valence-corrected chi connectivity index (χ4v) is 5.73. The molecule has 3 nitrogen and oxygen atoms in total. The van der Waals surface area contributed by atoms with Crippen molar-refractivity contribution in [2.24, 2.45) is 17.8 Å². The van der Waals surface area contributed by atoms with E-state index in [-0.39, 0.29) is 17.6 Å². The van der Waals surface area contributed by atoms with Crippen molar-refractivity contribution in [1.29, 1.82) is 0 Å². The lowest BCUT2D eigenvalue weighted by Gasteiger charge is -2.44. The van der Waals surface area contributed by atoms with Gasteiger partial charge in [-0.15, -0.1) is 0 Å². The van der Waals surface area contributed by atoms with E-state index in [2.05, 4.69) is 16.4 Å². The van der Waals surface area contributed by atoms with Crippen LogP contribution in [-0.2, 0) is 4.79 Å².